The van der Waals surface area contributed by atoms with Crippen LogP contribution >= 0.6 is 7.82 Å². The van der Waals surface area contributed by atoms with Crippen LogP contribution in [0.5, 0.6) is 0 Å². The summed E-state index contributed by atoms with van der Waals surface area (Å²) in [6.07, 6.45) is 0. The van der Waals surface area contributed by atoms with Gasteiger partial charge >= 0.3 is 7.82 Å². The van der Waals surface area contributed by atoms with Crippen LogP contribution in [0.15, 0.2) is 0 Å². The molecule has 0 aliphatic rings. The molecule has 0 saturated carbocycles. The molecular weight excluding hydrogens is 199 g/mol. The van der Waals surface area contributed by atoms with Crippen molar-refractivity contribution in [2.24, 2.45) is 0 Å². The van der Waals surface area contributed by atoms with Gasteiger partial charge in [-0.1, -0.05) is 0 Å². The third-order valence-electron chi connectivity index (χ3n) is 0. The quantitative estimate of drug-likeness (QED) is 0.149. The second-order valence-electron chi connectivity index (χ2n) is 0.751. The largest absolute Gasteiger partial charge is 0.466 e. The Labute approximate surface area is 67.1 Å². The molecule has 0 spiro atoms. The lowest BCUT2D eigenvalue weighted by atomic mass is 13.1. The second kappa shape index (κ2) is 12.8. The molecule has 12 heteroatoms. The molecule has 0 unspecified atom stereocenters. The van der Waals surface area contributed by atoms with Crippen LogP contribution in [0.25, 0.3) is 0 Å². The third-order valence-corrected chi connectivity index (χ3v) is 0. The second-order valence-corrected chi connectivity index (χ2v) is 1.78. The van der Waals surface area contributed by atoms with Crippen LogP contribution < -0.4 is 18.5 Å². The number of rotatable bonds is 0. The van der Waals surface area contributed by atoms with E-state index in [0.717, 1.165) is 0 Å². The zero-order valence-corrected chi connectivity index (χ0v) is 6.92. The first kappa shape index (κ1) is 30.3. The Kier molecular flexibility index (Phi) is 32.4. The van der Waals surface area contributed by atoms with E-state index in [9.17, 15) is 0 Å². The van der Waals surface area contributed by atoms with Crippen LogP contribution in [0, 0.1) is 10.1 Å². The van der Waals surface area contributed by atoms with Gasteiger partial charge < -0.3 is 38.3 Å². The molecule has 12 heavy (non-hydrogen) atoms. The zero-order chi connectivity index (χ0) is 8.08. The van der Waals surface area contributed by atoms with Gasteiger partial charge in [-0.2, -0.15) is 0 Å². The lowest BCUT2D eigenvalue weighted by Gasteiger charge is -1.82. The normalized spacial score (nSPS) is 6.92. The maximum absolute atomic E-state index is 8.88. The van der Waals surface area contributed by atoms with E-state index in [-0.39, 0.29) is 18.5 Å². The summed E-state index contributed by atoms with van der Waals surface area (Å²) in [5, 5.41) is 13.6. The van der Waals surface area contributed by atoms with Gasteiger partial charge in [0.1, 0.15) is 0 Å². The molecule has 11 nitrogen and oxygen atoms in total. The SMILES string of the molecule is N.N.N.O=P(O)(O)O.O=[N+]([O-])O. The monoisotopic (exact) mass is 212 g/mol. The molecule has 0 aliphatic carbocycles. The first-order valence-corrected chi connectivity index (χ1v) is 2.91. The highest BCUT2D eigenvalue weighted by Gasteiger charge is 2.00. The lowest BCUT2D eigenvalue weighted by molar-refractivity contribution is -0.742. The third kappa shape index (κ3) is 940. The molecule has 0 aliphatic heterocycles. The van der Waals surface area contributed by atoms with Crippen molar-refractivity contribution >= 4 is 7.82 Å². The van der Waals surface area contributed by atoms with Crippen LogP contribution in [0.2, 0.25) is 0 Å². The van der Waals surface area contributed by atoms with E-state index in [0.29, 0.717) is 0 Å². The summed E-state index contributed by atoms with van der Waals surface area (Å²) in [4.78, 5) is 29.9. The van der Waals surface area contributed by atoms with Crippen LogP contribution in [-0.4, -0.2) is 25.0 Å². The van der Waals surface area contributed by atoms with Gasteiger partial charge in [0.05, 0.1) is 0 Å². The fourth-order valence-electron chi connectivity index (χ4n) is 0. The predicted octanol–water partition coefficient (Wildman–Crippen LogP) is -0.790. The Balaban J connectivity index is -0.0000000221. The Morgan fingerprint density at radius 3 is 1.08 bits per heavy atom. The van der Waals surface area contributed by atoms with Gasteiger partial charge in [-0.3, -0.25) is 0 Å². The molecule has 0 heterocycles. The molecule has 0 fully saturated rings. The minimum atomic E-state index is -4.64. The van der Waals surface area contributed by atoms with Gasteiger partial charge in [-0.15, -0.1) is 10.1 Å². The summed E-state index contributed by atoms with van der Waals surface area (Å²) in [5.41, 5.74) is 0. The first-order chi connectivity index (χ1) is 3.73. The zero-order valence-electron chi connectivity index (χ0n) is 6.03. The minimum absolute atomic E-state index is 0. The predicted molar refractivity (Wildman–Crippen MR) is 38.1 cm³/mol. The average molecular weight is 212 g/mol. The standard InChI is InChI=1S/HNO3.3H3N.H3O4P/c2-1(3)4;;;;1-5(2,3)4/h(H,2,3,4);3*1H3;(H3,1,2,3,4). The Morgan fingerprint density at radius 1 is 1.08 bits per heavy atom. The van der Waals surface area contributed by atoms with Crippen LogP contribution in [-0.2, 0) is 4.57 Å². The van der Waals surface area contributed by atoms with Crippen molar-refractivity contribution in [1.29, 1.82) is 0 Å². The number of phosphoric acid groups is 1. The molecule has 0 bridgehead atoms. The van der Waals surface area contributed by atoms with Gasteiger partial charge in [0.25, 0.3) is 5.09 Å². The van der Waals surface area contributed by atoms with Crippen molar-refractivity contribution < 1.29 is 29.5 Å². The summed E-state index contributed by atoms with van der Waals surface area (Å²) in [7, 11) is -4.64. The van der Waals surface area contributed by atoms with Crippen molar-refractivity contribution in [2.75, 3.05) is 0 Å². The summed E-state index contributed by atoms with van der Waals surface area (Å²) in [6, 6.07) is 0. The first-order valence-electron chi connectivity index (χ1n) is 1.35. The Hall–Kier alpha value is -0.810. The average Bonchev–Trinajstić information content (AvgIpc) is 1.19. The molecular formula is H13N4O7P. The van der Waals surface area contributed by atoms with Crippen molar-refractivity contribution in [2.45, 2.75) is 0 Å². The fraction of sp³-hybridized carbons (Fsp3) is 0. The van der Waals surface area contributed by atoms with E-state index < -0.39 is 12.9 Å². The highest BCUT2D eigenvalue weighted by Crippen LogP contribution is 2.25. The van der Waals surface area contributed by atoms with Gasteiger partial charge in [0.15, 0.2) is 0 Å². The summed E-state index contributed by atoms with van der Waals surface area (Å²) < 4.78 is 8.88. The van der Waals surface area contributed by atoms with E-state index in [1.165, 1.54) is 0 Å². The molecule has 0 rings (SSSR count). The molecule has 0 amide bonds. The molecule has 0 aromatic heterocycles. The molecule has 0 saturated heterocycles. The van der Waals surface area contributed by atoms with Crippen molar-refractivity contribution in [1.82, 2.24) is 18.5 Å². The number of hydrogen-bond donors (Lipinski definition) is 7. The van der Waals surface area contributed by atoms with E-state index >= 15 is 0 Å². The fourth-order valence-corrected chi connectivity index (χ4v) is 0. The highest BCUT2D eigenvalue weighted by atomic mass is 31.2. The van der Waals surface area contributed by atoms with Crippen molar-refractivity contribution in [3.63, 3.8) is 0 Å². The molecule has 0 aromatic rings. The van der Waals surface area contributed by atoms with Crippen molar-refractivity contribution in [3.8, 4) is 0 Å². The van der Waals surface area contributed by atoms with Crippen LogP contribution in [0.3, 0.4) is 0 Å². The molecule has 0 atom stereocenters. The molecule has 13 N–H and O–H groups in total. The van der Waals surface area contributed by atoms with E-state index in [4.69, 9.17) is 34.6 Å². The molecule has 0 radical (unpaired) electrons. The van der Waals surface area contributed by atoms with Gasteiger partial charge in [0, 0.05) is 0 Å². The Morgan fingerprint density at radius 2 is 1.08 bits per heavy atom. The highest BCUT2D eigenvalue weighted by molar-refractivity contribution is 7.45. The lowest BCUT2D eigenvalue weighted by Crippen LogP contribution is -1.81. The van der Waals surface area contributed by atoms with Gasteiger partial charge in [0.2, 0.25) is 0 Å². The summed E-state index contributed by atoms with van der Waals surface area (Å²) >= 11 is 0. The van der Waals surface area contributed by atoms with E-state index in [1.807, 2.05) is 0 Å². The van der Waals surface area contributed by atoms with Crippen molar-refractivity contribution in [3.05, 3.63) is 10.1 Å². The van der Waals surface area contributed by atoms with E-state index in [2.05, 4.69) is 0 Å². The van der Waals surface area contributed by atoms with Crippen LogP contribution in [0.1, 0.15) is 0 Å². The number of hydrogen-bond acceptors (Lipinski definition) is 6. The summed E-state index contributed by atoms with van der Waals surface area (Å²) in [5.74, 6) is 0. The topological polar surface area (TPSA) is 246 Å². The smallest absolute Gasteiger partial charge is 0.344 e. The minimum Gasteiger partial charge on any atom is -0.344 e. The van der Waals surface area contributed by atoms with Gasteiger partial charge in [-0.25, -0.2) is 4.57 Å². The van der Waals surface area contributed by atoms with E-state index in [1.54, 1.807) is 0 Å². The summed E-state index contributed by atoms with van der Waals surface area (Å²) in [6.45, 7) is 0. The number of nitrogens with zero attached hydrogens (tertiary/aromatic N) is 1. The maximum atomic E-state index is 8.88. The Bertz CT molecular complexity index is 115. The molecule has 80 valence electrons. The molecule has 0 aromatic carbocycles. The van der Waals surface area contributed by atoms with Gasteiger partial charge in [-0.05, 0) is 0 Å². The maximum Gasteiger partial charge on any atom is 0.466 e. The van der Waals surface area contributed by atoms with Crippen LogP contribution in [0.4, 0.5) is 0 Å².